The van der Waals surface area contributed by atoms with Gasteiger partial charge in [-0.15, -0.1) is 0 Å². The van der Waals surface area contributed by atoms with Crippen LogP contribution in [0.3, 0.4) is 0 Å². The van der Waals surface area contributed by atoms with Crippen molar-refractivity contribution in [2.24, 2.45) is 11.8 Å². The smallest absolute Gasteiger partial charge is 0.410 e. The van der Waals surface area contributed by atoms with Crippen LogP contribution in [0.2, 0.25) is 0 Å². The van der Waals surface area contributed by atoms with E-state index in [0.717, 1.165) is 37.0 Å². The molecule has 1 unspecified atom stereocenters. The first kappa shape index (κ1) is 21.5. The minimum Gasteiger partial charge on any atom is -0.497 e. The number of piperidine rings is 1. The van der Waals surface area contributed by atoms with Gasteiger partial charge in [0.25, 0.3) is 0 Å². The molecule has 3 rings (SSSR count). The Labute approximate surface area is 173 Å². The molecule has 29 heavy (non-hydrogen) atoms. The number of likely N-dealkylation sites (tertiary alicyclic amines) is 1. The number of rotatable bonds is 6. The Morgan fingerprint density at radius 2 is 1.72 bits per heavy atom. The molecule has 1 aromatic rings. The van der Waals surface area contributed by atoms with Crippen LogP contribution in [0, 0.1) is 11.8 Å². The van der Waals surface area contributed by atoms with Gasteiger partial charge in [0, 0.05) is 19.5 Å². The summed E-state index contributed by atoms with van der Waals surface area (Å²) in [6, 6.07) is 8.06. The first-order valence-electron chi connectivity index (χ1n) is 10.7. The zero-order chi connectivity index (χ0) is 21.0. The summed E-state index contributed by atoms with van der Waals surface area (Å²) < 4.78 is 10.7. The lowest BCUT2D eigenvalue weighted by Crippen LogP contribution is -2.42. The fourth-order valence-corrected chi connectivity index (χ4v) is 3.85. The van der Waals surface area contributed by atoms with Crippen molar-refractivity contribution in [2.75, 3.05) is 20.2 Å². The number of benzene rings is 1. The Bertz CT molecular complexity index is 699. The highest BCUT2D eigenvalue weighted by atomic mass is 16.6. The largest absolute Gasteiger partial charge is 0.497 e. The summed E-state index contributed by atoms with van der Waals surface area (Å²) in [5, 5.41) is 3.26. The van der Waals surface area contributed by atoms with Crippen LogP contribution in [0.4, 0.5) is 4.79 Å². The van der Waals surface area contributed by atoms with Crippen LogP contribution in [-0.4, -0.2) is 42.7 Å². The van der Waals surface area contributed by atoms with Gasteiger partial charge in [0.05, 0.1) is 13.2 Å². The molecule has 1 atom stereocenters. The summed E-state index contributed by atoms with van der Waals surface area (Å²) in [4.78, 5) is 26.7. The third-order valence-corrected chi connectivity index (χ3v) is 5.63. The van der Waals surface area contributed by atoms with Gasteiger partial charge in [-0.2, -0.15) is 0 Å². The predicted octanol–water partition coefficient (Wildman–Crippen LogP) is 4.30. The average Bonchev–Trinajstić information content (AvgIpc) is 3.50. The number of hydrogen-bond donors (Lipinski definition) is 1. The zero-order valence-corrected chi connectivity index (χ0v) is 18.1. The van der Waals surface area contributed by atoms with Gasteiger partial charge in [0.1, 0.15) is 11.4 Å². The maximum atomic E-state index is 12.7. The van der Waals surface area contributed by atoms with E-state index in [1.807, 2.05) is 45.0 Å². The third kappa shape index (κ3) is 6.38. The number of methoxy groups -OCH3 is 1. The van der Waals surface area contributed by atoms with Crippen LogP contribution >= 0.6 is 0 Å². The molecule has 6 heteroatoms. The lowest BCUT2D eigenvalue weighted by Gasteiger charge is -2.33. The Morgan fingerprint density at radius 1 is 1.10 bits per heavy atom. The quantitative estimate of drug-likeness (QED) is 0.770. The molecule has 1 saturated heterocycles. The molecule has 0 spiro atoms. The lowest BCUT2D eigenvalue weighted by molar-refractivity contribution is -0.123. The number of carbonyl (C=O) groups is 2. The molecule has 2 amide bonds. The Hall–Kier alpha value is -2.24. The van der Waals surface area contributed by atoms with Crippen LogP contribution in [0.25, 0.3) is 0 Å². The van der Waals surface area contributed by atoms with Gasteiger partial charge < -0.3 is 19.7 Å². The second-order valence-corrected chi connectivity index (χ2v) is 9.27. The van der Waals surface area contributed by atoms with Gasteiger partial charge in [-0.25, -0.2) is 4.79 Å². The fourth-order valence-electron chi connectivity index (χ4n) is 3.85. The molecule has 2 aliphatic rings. The van der Waals surface area contributed by atoms with Crippen LogP contribution in [0.1, 0.15) is 64.5 Å². The highest BCUT2D eigenvalue weighted by Gasteiger charge is 2.34. The lowest BCUT2D eigenvalue weighted by atomic mass is 9.93. The summed E-state index contributed by atoms with van der Waals surface area (Å²) in [6.07, 6.45) is 4.25. The van der Waals surface area contributed by atoms with Crippen molar-refractivity contribution >= 4 is 12.0 Å². The van der Waals surface area contributed by atoms with Crippen LogP contribution in [-0.2, 0) is 9.53 Å². The first-order chi connectivity index (χ1) is 13.7. The van der Waals surface area contributed by atoms with Gasteiger partial charge in [-0.05, 0) is 76.0 Å². The van der Waals surface area contributed by atoms with Crippen molar-refractivity contribution < 1.29 is 19.1 Å². The summed E-state index contributed by atoms with van der Waals surface area (Å²) in [6.45, 7) is 6.93. The van der Waals surface area contributed by atoms with E-state index in [9.17, 15) is 9.59 Å². The van der Waals surface area contributed by atoms with Crippen molar-refractivity contribution in [1.29, 1.82) is 0 Å². The highest BCUT2D eigenvalue weighted by Crippen LogP contribution is 2.41. The van der Waals surface area contributed by atoms with Gasteiger partial charge in [0.2, 0.25) is 5.91 Å². The standard InChI is InChI=1S/C23H34N2O4/c1-23(2,3)29-22(27)25-13-11-16(12-14-25)15-20(26)24-21(17-5-6-17)18-7-9-19(28-4)10-8-18/h7-10,16-17,21H,5-6,11-15H2,1-4H3,(H,24,26). The molecule has 6 nitrogen and oxygen atoms in total. The molecule has 0 bridgehead atoms. The van der Waals surface area contributed by atoms with Gasteiger partial charge in [-0.1, -0.05) is 12.1 Å². The van der Waals surface area contributed by atoms with Gasteiger partial charge in [0.15, 0.2) is 0 Å². The first-order valence-corrected chi connectivity index (χ1v) is 10.7. The van der Waals surface area contributed by atoms with E-state index >= 15 is 0 Å². The number of hydrogen-bond acceptors (Lipinski definition) is 4. The fraction of sp³-hybridized carbons (Fsp3) is 0.652. The highest BCUT2D eigenvalue weighted by molar-refractivity contribution is 5.77. The molecule has 160 valence electrons. The minimum atomic E-state index is -0.479. The van der Waals surface area contributed by atoms with Crippen molar-refractivity contribution in [3.05, 3.63) is 29.8 Å². The molecule has 0 radical (unpaired) electrons. The molecule has 0 aromatic heterocycles. The Morgan fingerprint density at radius 3 is 2.24 bits per heavy atom. The number of amides is 2. The summed E-state index contributed by atoms with van der Waals surface area (Å²) in [5.41, 5.74) is 0.661. The second kappa shape index (κ2) is 9.06. The van der Waals surface area contributed by atoms with Crippen molar-refractivity contribution in [2.45, 2.75) is 64.5 Å². The van der Waals surface area contributed by atoms with E-state index in [0.29, 0.717) is 31.3 Å². The zero-order valence-electron chi connectivity index (χ0n) is 18.1. The maximum Gasteiger partial charge on any atom is 0.410 e. The molecule has 1 heterocycles. The monoisotopic (exact) mass is 402 g/mol. The van der Waals surface area contributed by atoms with Gasteiger partial charge >= 0.3 is 6.09 Å². The summed E-state index contributed by atoms with van der Waals surface area (Å²) in [7, 11) is 1.66. The molecule has 1 saturated carbocycles. The summed E-state index contributed by atoms with van der Waals surface area (Å²) >= 11 is 0. The molecule has 1 aliphatic carbocycles. The molecule has 1 N–H and O–H groups in total. The predicted molar refractivity (Wildman–Crippen MR) is 112 cm³/mol. The average molecular weight is 403 g/mol. The van der Waals surface area contributed by atoms with E-state index in [1.165, 1.54) is 0 Å². The molecular formula is C23H34N2O4. The molecule has 2 fully saturated rings. The van der Waals surface area contributed by atoms with Crippen molar-refractivity contribution in [3.63, 3.8) is 0 Å². The van der Waals surface area contributed by atoms with Crippen molar-refractivity contribution in [1.82, 2.24) is 10.2 Å². The van der Waals surface area contributed by atoms with Crippen LogP contribution in [0.5, 0.6) is 5.75 Å². The van der Waals surface area contributed by atoms with E-state index < -0.39 is 5.60 Å². The Kier molecular flexibility index (Phi) is 6.70. The van der Waals surface area contributed by atoms with E-state index in [4.69, 9.17) is 9.47 Å². The van der Waals surface area contributed by atoms with Crippen LogP contribution < -0.4 is 10.1 Å². The van der Waals surface area contributed by atoms with E-state index in [2.05, 4.69) is 5.32 Å². The number of nitrogens with one attached hydrogen (secondary N) is 1. The molecule has 1 aromatic carbocycles. The topological polar surface area (TPSA) is 67.9 Å². The Balaban J connectivity index is 1.48. The van der Waals surface area contributed by atoms with E-state index in [1.54, 1.807) is 12.0 Å². The van der Waals surface area contributed by atoms with Gasteiger partial charge in [-0.3, -0.25) is 4.79 Å². The number of ether oxygens (including phenoxy) is 2. The van der Waals surface area contributed by atoms with Crippen molar-refractivity contribution in [3.8, 4) is 5.75 Å². The van der Waals surface area contributed by atoms with E-state index in [-0.39, 0.29) is 18.0 Å². The third-order valence-electron chi connectivity index (χ3n) is 5.63. The minimum absolute atomic E-state index is 0.0789. The second-order valence-electron chi connectivity index (χ2n) is 9.27. The molecule has 1 aliphatic heterocycles. The SMILES string of the molecule is COc1ccc(C(NC(=O)CC2CCN(C(=O)OC(C)(C)C)CC2)C2CC2)cc1. The number of nitrogens with zero attached hydrogens (tertiary/aromatic N) is 1. The normalized spacial score (nSPS) is 18.8. The summed E-state index contributed by atoms with van der Waals surface area (Å²) in [5.74, 6) is 1.77. The van der Waals surface area contributed by atoms with Crippen LogP contribution in [0.15, 0.2) is 24.3 Å². The number of carbonyl (C=O) groups excluding carboxylic acids is 2. The molecular weight excluding hydrogens is 368 g/mol. The maximum absolute atomic E-state index is 12.7.